The minimum Gasteiger partial charge on any atom is -0.437 e. The minimum absolute atomic E-state index is 0.202. The fraction of sp³-hybridized carbons (Fsp3) is 0.233. The first-order valence-corrected chi connectivity index (χ1v) is 11.9. The maximum absolute atomic E-state index is 6.41. The molecule has 168 valence electrons. The largest absolute Gasteiger partial charge is 0.437 e. The van der Waals surface area contributed by atoms with Crippen LogP contribution in [0.3, 0.4) is 0 Å². The van der Waals surface area contributed by atoms with Gasteiger partial charge in [-0.2, -0.15) is 0 Å². The van der Waals surface area contributed by atoms with Crippen LogP contribution >= 0.6 is 0 Å². The number of aromatic nitrogens is 3. The molecule has 6 aromatic rings. The molecule has 0 aliphatic rings. The average Bonchev–Trinajstić information content (AvgIpc) is 3.21. The second-order valence-electron chi connectivity index (χ2n) is 9.80. The summed E-state index contributed by atoms with van der Waals surface area (Å²) in [6, 6.07) is 21.3. The maximum atomic E-state index is 6.41. The van der Waals surface area contributed by atoms with Crippen LogP contribution in [0.15, 0.2) is 65.1 Å². The van der Waals surface area contributed by atoms with Crippen molar-refractivity contribution in [2.75, 3.05) is 0 Å². The van der Waals surface area contributed by atoms with Gasteiger partial charge in [0.05, 0.1) is 11.2 Å². The zero-order chi connectivity index (χ0) is 23.6. The van der Waals surface area contributed by atoms with Gasteiger partial charge in [0.25, 0.3) is 0 Å². The van der Waals surface area contributed by atoms with Crippen molar-refractivity contribution >= 4 is 43.7 Å². The molecule has 34 heavy (non-hydrogen) atoms. The van der Waals surface area contributed by atoms with Gasteiger partial charge in [0, 0.05) is 38.7 Å². The number of para-hydroxylation sites is 1. The Balaban J connectivity index is 1.71. The molecule has 0 N–H and O–H groups in total. The molecule has 0 atom stereocenters. The van der Waals surface area contributed by atoms with Crippen molar-refractivity contribution in [3.05, 3.63) is 77.7 Å². The molecular weight excluding hydrogens is 418 g/mol. The van der Waals surface area contributed by atoms with E-state index in [2.05, 4.69) is 95.3 Å². The summed E-state index contributed by atoms with van der Waals surface area (Å²) in [5.41, 5.74) is 6.63. The number of hydrogen-bond acceptors (Lipinski definition) is 4. The summed E-state index contributed by atoms with van der Waals surface area (Å²) in [5.74, 6) is 1.38. The lowest BCUT2D eigenvalue weighted by molar-refractivity contribution is 0.648. The first-order valence-electron chi connectivity index (χ1n) is 11.9. The topological polar surface area (TPSA) is 51.8 Å². The van der Waals surface area contributed by atoms with E-state index in [4.69, 9.17) is 19.4 Å². The van der Waals surface area contributed by atoms with Gasteiger partial charge >= 0.3 is 0 Å². The standard InChI is InChI=1S/C30H27N3O/c1-16(2)25-14-13-21-20-7-6-8-23(28(20)34-30(21)31-25)26-22-12-11-19-10-9-18(5)15-24(19)27(22)33-29(32-26)17(3)4/h6-17H,1-5H3. The normalized spacial score (nSPS) is 12.2. The third-order valence-electron chi connectivity index (χ3n) is 6.61. The highest BCUT2D eigenvalue weighted by atomic mass is 16.3. The fourth-order valence-corrected chi connectivity index (χ4v) is 4.71. The van der Waals surface area contributed by atoms with Gasteiger partial charge < -0.3 is 4.42 Å². The zero-order valence-corrected chi connectivity index (χ0v) is 20.2. The minimum atomic E-state index is 0.202. The van der Waals surface area contributed by atoms with Crippen molar-refractivity contribution in [3.63, 3.8) is 0 Å². The van der Waals surface area contributed by atoms with Gasteiger partial charge in [0.1, 0.15) is 11.4 Å². The zero-order valence-electron chi connectivity index (χ0n) is 20.2. The van der Waals surface area contributed by atoms with Crippen LogP contribution in [0.5, 0.6) is 0 Å². The number of pyridine rings is 1. The molecule has 0 saturated carbocycles. The third kappa shape index (κ3) is 3.17. The summed E-state index contributed by atoms with van der Waals surface area (Å²) in [6.07, 6.45) is 0. The molecule has 4 nitrogen and oxygen atoms in total. The highest BCUT2D eigenvalue weighted by molar-refractivity contribution is 6.14. The average molecular weight is 446 g/mol. The van der Waals surface area contributed by atoms with Gasteiger partial charge in [-0.25, -0.2) is 15.0 Å². The molecule has 0 amide bonds. The second-order valence-corrected chi connectivity index (χ2v) is 9.80. The van der Waals surface area contributed by atoms with E-state index < -0.39 is 0 Å². The van der Waals surface area contributed by atoms with Crippen molar-refractivity contribution in [2.45, 2.75) is 46.5 Å². The summed E-state index contributed by atoms with van der Waals surface area (Å²) >= 11 is 0. The van der Waals surface area contributed by atoms with E-state index in [1.165, 1.54) is 10.9 Å². The molecule has 3 heterocycles. The summed E-state index contributed by atoms with van der Waals surface area (Å²) in [6.45, 7) is 10.7. The predicted octanol–water partition coefficient (Wildman–Crippen LogP) is 8.30. The smallest absolute Gasteiger partial charge is 0.227 e. The molecule has 0 fully saturated rings. The van der Waals surface area contributed by atoms with Gasteiger partial charge in [-0.1, -0.05) is 63.6 Å². The maximum Gasteiger partial charge on any atom is 0.227 e. The molecule has 0 aliphatic carbocycles. The summed E-state index contributed by atoms with van der Waals surface area (Å²) in [4.78, 5) is 14.9. The Bertz CT molecular complexity index is 1730. The molecule has 0 bridgehead atoms. The van der Waals surface area contributed by atoms with Gasteiger partial charge in [-0.15, -0.1) is 0 Å². The second kappa shape index (κ2) is 7.63. The lowest BCUT2D eigenvalue weighted by atomic mass is 9.98. The molecule has 0 saturated heterocycles. The Morgan fingerprint density at radius 2 is 1.50 bits per heavy atom. The monoisotopic (exact) mass is 445 g/mol. The lowest BCUT2D eigenvalue weighted by Gasteiger charge is -2.13. The Hall–Kier alpha value is -3.79. The highest BCUT2D eigenvalue weighted by Gasteiger charge is 2.19. The van der Waals surface area contributed by atoms with Crippen molar-refractivity contribution < 1.29 is 4.42 Å². The number of fused-ring (bicyclic) bond motifs is 6. The highest BCUT2D eigenvalue weighted by Crippen LogP contribution is 2.39. The molecule has 6 rings (SSSR count). The number of furan rings is 1. The van der Waals surface area contributed by atoms with Crippen molar-refractivity contribution in [2.24, 2.45) is 0 Å². The van der Waals surface area contributed by atoms with Crippen molar-refractivity contribution in [3.8, 4) is 11.3 Å². The van der Waals surface area contributed by atoms with Crippen molar-refractivity contribution in [1.82, 2.24) is 15.0 Å². The number of rotatable bonds is 3. The van der Waals surface area contributed by atoms with Crippen LogP contribution in [0, 0.1) is 6.92 Å². The molecule has 0 spiro atoms. The molecule has 0 aliphatic heterocycles. The number of aryl methyl sites for hydroxylation is 1. The molecular formula is C30H27N3O. The molecule has 3 aromatic carbocycles. The number of hydrogen-bond donors (Lipinski definition) is 0. The van der Waals surface area contributed by atoms with Crippen LogP contribution < -0.4 is 0 Å². The molecule has 3 aromatic heterocycles. The van der Waals surface area contributed by atoms with Crippen LogP contribution in [0.25, 0.3) is 55.0 Å². The Kier molecular flexibility index (Phi) is 4.66. The lowest BCUT2D eigenvalue weighted by Crippen LogP contribution is -2.01. The SMILES string of the molecule is Cc1ccc2ccc3c(-c4cccc5c4oc4nc(C(C)C)ccc45)nc(C(C)C)nc3c2c1. The van der Waals surface area contributed by atoms with Crippen LogP contribution in [0.2, 0.25) is 0 Å². The van der Waals surface area contributed by atoms with E-state index in [-0.39, 0.29) is 5.92 Å². The van der Waals surface area contributed by atoms with Crippen LogP contribution in [-0.2, 0) is 0 Å². The first-order chi connectivity index (χ1) is 16.4. The van der Waals surface area contributed by atoms with Gasteiger partial charge in [-0.05, 0) is 48.6 Å². The number of nitrogens with zero attached hydrogens (tertiary/aromatic N) is 3. The van der Waals surface area contributed by atoms with Gasteiger partial charge in [-0.3, -0.25) is 0 Å². The van der Waals surface area contributed by atoms with Gasteiger partial charge in [0.15, 0.2) is 0 Å². The van der Waals surface area contributed by atoms with E-state index in [1.54, 1.807) is 0 Å². The summed E-state index contributed by atoms with van der Waals surface area (Å²) < 4.78 is 6.41. The van der Waals surface area contributed by atoms with E-state index in [1.807, 2.05) is 0 Å². The molecule has 4 heteroatoms. The van der Waals surface area contributed by atoms with E-state index in [0.29, 0.717) is 11.6 Å². The third-order valence-corrected chi connectivity index (χ3v) is 6.61. The van der Waals surface area contributed by atoms with Crippen LogP contribution in [-0.4, -0.2) is 15.0 Å². The number of benzene rings is 3. The van der Waals surface area contributed by atoms with E-state index >= 15 is 0 Å². The fourth-order valence-electron chi connectivity index (χ4n) is 4.71. The summed E-state index contributed by atoms with van der Waals surface area (Å²) in [5, 5.41) is 5.47. The molecule has 0 unspecified atom stereocenters. The van der Waals surface area contributed by atoms with Crippen LogP contribution in [0.4, 0.5) is 0 Å². The molecule has 0 radical (unpaired) electrons. The quantitative estimate of drug-likeness (QED) is 0.257. The Morgan fingerprint density at radius 3 is 2.29 bits per heavy atom. The first kappa shape index (κ1) is 20.8. The van der Waals surface area contributed by atoms with Crippen molar-refractivity contribution in [1.29, 1.82) is 0 Å². The van der Waals surface area contributed by atoms with E-state index in [9.17, 15) is 0 Å². The Labute approximate surface area is 198 Å². The van der Waals surface area contributed by atoms with Gasteiger partial charge in [0.2, 0.25) is 5.71 Å². The van der Waals surface area contributed by atoms with E-state index in [0.717, 1.165) is 55.4 Å². The Morgan fingerprint density at radius 1 is 0.706 bits per heavy atom. The summed E-state index contributed by atoms with van der Waals surface area (Å²) in [7, 11) is 0. The predicted molar refractivity (Wildman–Crippen MR) is 140 cm³/mol. The van der Waals surface area contributed by atoms with Crippen LogP contribution in [0.1, 0.15) is 56.6 Å².